The van der Waals surface area contributed by atoms with Gasteiger partial charge in [0, 0.05) is 5.57 Å². The summed E-state index contributed by atoms with van der Waals surface area (Å²) in [5.74, 6) is -0.0862. The van der Waals surface area contributed by atoms with Crippen molar-refractivity contribution in [2.45, 2.75) is 13.8 Å². The van der Waals surface area contributed by atoms with Crippen molar-refractivity contribution in [2.24, 2.45) is 0 Å². The van der Waals surface area contributed by atoms with Gasteiger partial charge in [0.15, 0.2) is 0 Å². The molecule has 1 N–H and O–H groups in total. The smallest absolute Gasteiger partial charge is 0.265 e. The number of hydrogen-bond acceptors (Lipinski definition) is 1. The Morgan fingerprint density at radius 3 is 2.27 bits per heavy atom. The minimum Gasteiger partial charge on any atom is -0.265 e. The van der Waals surface area contributed by atoms with Gasteiger partial charge >= 0.3 is 0 Å². The highest BCUT2D eigenvalue weighted by molar-refractivity contribution is 5.91. The van der Waals surface area contributed by atoms with Crippen molar-refractivity contribution in [3.63, 3.8) is 0 Å². The fourth-order valence-corrected chi connectivity index (χ4v) is 0.449. The van der Waals surface area contributed by atoms with Crippen molar-refractivity contribution in [3.8, 4) is 0 Å². The summed E-state index contributed by atoms with van der Waals surface area (Å²) in [6, 6.07) is 0. The summed E-state index contributed by atoms with van der Waals surface area (Å²) in [7, 11) is 3.86. The Labute approximate surface area is 68.3 Å². The van der Waals surface area contributed by atoms with Gasteiger partial charge in [-0.3, -0.25) is 4.79 Å². The van der Waals surface area contributed by atoms with Gasteiger partial charge in [-0.2, -0.15) is 5.43 Å². The van der Waals surface area contributed by atoms with E-state index in [0.717, 1.165) is 6.54 Å². The summed E-state index contributed by atoms with van der Waals surface area (Å²) in [6.07, 6.45) is 0. The number of nitrogens with one attached hydrogen (secondary N) is 1. The summed E-state index contributed by atoms with van der Waals surface area (Å²) in [6.45, 7) is 8.12. The molecular weight excluding hydrogens is 140 g/mol. The van der Waals surface area contributed by atoms with E-state index < -0.39 is 0 Å². The molecule has 0 bridgehead atoms. The largest absolute Gasteiger partial charge is 0.290 e. The molecule has 0 spiro atoms. The van der Waals surface area contributed by atoms with Gasteiger partial charge in [-0.05, 0) is 13.8 Å². The highest BCUT2D eigenvalue weighted by Crippen LogP contribution is 1.93. The van der Waals surface area contributed by atoms with Crippen LogP contribution in [0.3, 0.4) is 0 Å². The predicted molar refractivity (Wildman–Crippen MR) is 45.6 cm³/mol. The van der Waals surface area contributed by atoms with E-state index in [4.69, 9.17) is 0 Å². The Morgan fingerprint density at radius 2 is 2.00 bits per heavy atom. The molecule has 0 rings (SSSR count). The molecule has 0 aliphatic rings. The molecule has 3 nitrogen and oxygen atoms in total. The van der Waals surface area contributed by atoms with Crippen LogP contribution in [0.5, 0.6) is 0 Å². The minimum atomic E-state index is -0.0862. The first kappa shape index (κ1) is 10.2. The molecule has 3 heteroatoms. The van der Waals surface area contributed by atoms with Crippen LogP contribution in [0, 0.1) is 0 Å². The molecule has 0 fully saturated rings. The van der Waals surface area contributed by atoms with E-state index in [0.29, 0.717) is 10.2 Å². The maximum Gasteiger partial charge on any atom is 0.290 e. The van der Waals surface area contributed by atoms with Gasteiger partial charge in [0.25, 0.3) is 5.91 Å². The van der Waals surface area contributed by atoms with Crippen LogP contribution in [0.25, 0.3) is 0 Å². The normalized spacial score (nSPS) is 10.9. The predicted octanol–water partition coefficient (Wildman–Crippen LogP) is 0.690. The monoisotopic (exact) mass is 157 g/mol. The van der Waals surface area contributed by atoms with Crippen LogP contribution in [-0.4, -0.2) is 31.1 Å². The van der Waals surface area contributed by atoms with E-state index in [1.807, 2.05) is 21.0 Å². The van der Waals surface area contributed by atoms with E-state index in [1.54, 1.807) is 6.92 Å². The summed E-state index contributed by atoms with van der Waals surface area (Å²) < 4.78 is 0.492. The number of quaternary nitrogens is 1. The molecule has 0 saturated carbocycles. The molecule has 0 atom stereocenters. The number of carbonyl (C=O) groups is 1. The van der Waals surface area contributed by atoms with E-state index in [9.17, 15) is 4.79 Å². The van der Waals surface area contributed by atoms with E-state index in [1.165, 1.54) is 0 Å². The van der Waals surface area contributed by atoms with Crippen LogP contribution < -0.4 is 5.43 Å². The molecule has 1 amide bonds. The highest BCUT2D eigenvalue weighted by Gasteiger charge is 2.15. The fraction of sp³-hybridized carbons (Fsp3) is 0.625. The Kier molecular flexibility index (Phi) is 3.26. The minimum absolute atomic E-state index is 0.0862. The number of hydrogen-bond donors (Lipinski definition) is 1. The van der Waals surface area contributed by atoms with E-state index >= 15 is 0 Å². The summed E-state index contributed by atoms with van der Waals surface area (Å²) >= 11 is 0. The molecule has 11 heavy (non-hydrogen) atoms. The molecule has 0 heterocycles. The van der Waals surface area contributed by atoms with Crippen molar-refractivity contribution in [2.75, 3.05) is 20.6 Å². The molecule has 64 valence electrons. The molecular formula is C8H17N2O+. The third-order valence-corrected chi connectivity index (χ3v) is 1.58. The highest BCUT2D eigenvalue weighted by atomic mass is 16.2. The van der Waals surface area contributed by atoms with Gasteiger partial charge in [-0.25, -0.2) is 4.59 Å². The average Bonchev–Trinajstić information content (AvgIpc) is 1.87. The zero-order valence-electron chi connectivity index (χ0n) is 7.77. The van der Waals surface area contributed by atoms with Crippen LogP contribution in [0.1, 0.15) is 13.8 Å². The average molecular weight is 157 g/mol. The first-order valence-corrected chi connectivity index (χ1v) is 3.70. The van der Waals surface area contributed by atoms with Crippen LogP contribution in [0.15, 0.2) is 12.2 Å². The fourth-order valence-electron chi connectivity index (χ4n) is 0.449. The lowest BCUT2D eigenvalue weighted by Crippen LogP contribution is -2.54. The molecule has 0 saturated heterocycles. The molecule has 0 aliphatic heterocycles. The maximum atomic E-state index is 11.1. The molecule has 0 aromatic carbocycles. The Bertz CT molecular complexity index is 173. The van der Waals surface area contributed by atoms with Crippen molar-refractivity contribution >= 4 is 5.91 Å². The Hall–Kier alpha value is -0.830. The van der Waals surface area contributed by atoms with Crippen molar-refractivity contribution < 1.29 is 9.39 Å². The van der Waals surface area contributed by atoms with Gasteiger partial charge in [-0.15, -0.1) is 0 Å². The van der Waals surface area contributed by atoms with Gasteiger partial charge < -0.3 is 0 Å². The second-order valence-electron chi connectivity index (χ2n) is 3.22. The zero-order chi connectivity index (χ0) is 9.07. The van der Waals surface area contributed by atoms with Crippen LogP contribution in [0.2, 0.25) is 0 Å². The zero-order valence-corrected chi connectivity index (χ0v) is 7.77. The maximum absolute atomic E-state index is 11.1. The van der Waals surface area contributed by atoms with E-state index in [2.05, 4.69) is 12.0 Å². The summed E-state index contributed by atoms with van der Waals surface area (Å²) in [5, 5.41) is 0. The lowest BCUT2D eigenvalue weighted by molar-refractivity contribution is -0.923. The Balaban J connectivity index is 4.04. The second-order valence-corrected chi connectivity index (χ2v) is 3.22. The lowest BCUT2D eigenvalue weighted by atomic mass is 10.3. The van der Waals surface area contributed by atoms with Crippen LogP contribution >= 0.6 is 0 Å². The summed E-state index contributed by atoms with van der Waals surface area (Å²) in [4.78, 5) is 11.1. The molecule has 0 unspecified atom stereocenters. The Morgan fingerprint density at radius 1 is 1.55 bits per heavy atom. The molecule has 0 aromatic rings. The number of carbonyl (C=O) groups excluding carboxylic acids is 1. The number of amides is 1. The number of nitrogens with zero attached hydrogens (tertiary/aromatic N) is 1. The third kappa shape index (κ3) is 3.78. The third-order valence-electron chi connectivity index (χ3n) is 1.58. The lowest BCUT2D eigenvalue weighted by Gasteiger charge is -2.27. The SMILES string of the molecule is C=C(C)C(=O)N[N+](C)(C)CC. The molecule has 0 aromatic heterocycles. The van der Waals surface area contributed by atoms with Gasteiger partial charge in [-0.1, -0.05) is 6.58 Å². The first-order chi connectivity index (χ1) is 4.89. The standard InChI is InChI=1S/C8H16N2O/c1-6-10(4,5)9-8(11)7(2)3/h2,6H2,1,3-5H3/p+1. The quantitative estimate of drug-likeness (QED) is 0.364. The topological polar surface area (TPSA) is 29.1 Å². The van der Waals surface area contributed by atoms with Gasteiger partial charge in [0.05, 0.1) is 20.6 Å². The first-order valence-electron chi connectivity index (χ1n) is 3.70. The molecule has 0 aliphatic carbocycles. The van der Waals surface area contributed by atoms with Gasteiger partial charge in [0.1, 0.15) is 0 Å². The van der Waals surface area contributed by atoms with E-state index in [-0.39, 0.29) is 5.91 Å². The van der Waals surface area contributed by atoms with Gasteiger partial charge in [0.2, 0.25) is 0 Å². The van der Waals surface area contributed by atoms with Crippen molar-refractivity contribution in [1.29, 1.82) is 0 Å². The van der Waals surface area contributed by atoms with Crippen LogP contribution in [-0.2, 0) is 4.79 Å². The number of rotatable bonds is 3. The van der Waals surface area contributed by atoms with Crippen molar-refractivity contribution in [3.05, 3.63) is 12.2 Å². The molecule has 0 radical (unpaired) electrons. The summed E-state index contributed by atoms with van der Waals surface area (Å²) in [5.41, 5.74) is 3.35. The second kappa shape index (κ2) is 3.53. The van der Waals surface area contributed by atoms with Crippen molar-refractivity contribution in [1.82, 2.24) is 5.43 Å². The van der Waals surface area contributed by atoms with Crippen LogP contribution in [0.4, 0.5) is 0 Å².